The zero-order valence-corrected chi connectivity index (χ0v) is 8.88. The molecule has 1 aromatic carbocycles. The van der Waals surface area contributed by atoms with Crippen LogP contribution in [-0.4, -0.2) is 11.9 Å². The third-order valence-corrected chi connectivity index (χ3v) is 2.62. The highest BCUT2D eigenvalue weighted by molar-refractivity contribution is 5.76. The van der Waals surface area contributed by atoms with E-state index in [4.69, 9.17) is 0 Å². The van der Waals surface area contributed by atoms with Gasteiger partial charge in [-0.05, 0) is 17.9 Å². The van der Waals surface area contributed by atoms with E-state index < -0.39 is 30.2 Å². The number of carboxylic acid groups (broad SMARTS) is 2. The summed E-state index contributed by atoms with van der Waals surface area (Å²) in [6.45, 7) is 1.67. The Balaban J connectivity index is 2.87. The molecule has 2 atom stereocenters. The van der Waals surface area contributed by atoms with Crippen LogP contribution in [0.5, 0.6) is 0 Å². The van der Waals surface area contributed by atoms with Crippen molar-refractivity contribution < 1.29 is 19.8 Å². The van der Waals surface area contributed by atoms with Crippen LogP contribution in [0.2, 0.25) is 0 Å². The summed E-state index contributed by atoms with van der Waals surface area (Å²) in [6.07, 6.45) is -0.529. The summed E-state index contributed by atoms with van der Waals surface area (Å²) in [5, 5.41) is 21.3. The molecule has 0 bridgehead atoms. The van der Waals surface area contributed by atoms with Crippen molar-refractivity contribution >= 4 is 11.9 Å². The minimum absolute atomic E-state index is 0.413. The highest BCUT2D eigenvalue weighted by Crippen LogP contribution is 2.25. The summed E-state index contributed by atoms with van der Waals surface area (Å²) in [5.74, 6) is -4.21. The van der Waals surface area contributed by atoms with Crippen molar-refractivity contribution in [3.63, 3.8) is 0 Å². The largest absolute Gasteiger partial charge is 0.550 e. The zero-order valence-electron chi connectivity index (χ0n) is 8.88. The highest BCUT2D eigenvalue weighted by atomic mass is 16.4. The molecule has 0 fully saturated rings. The highest BCUT2D eigenvalue weighted by Gasteiger charge is 2.20. The van der Waals surface area contributed by atoms with E-state index in [1.54, 1.807) is 31.2 Å². The average Bonchev–Trinajstić information content (AvgIpc) is 2.25. The first-order valence-electron chi connectivity index (χ1n) is 4.98. The predicted octanol–water partition coefficient (Wildman–Crippen LogP) is -0.704. The molecule has 4 nitrogen and oxygen atoms in total. The Kier molecular flexibility index (Phi) is 4.05. The normalized spacial score (nSPS) is 14.1. The minimum Gasteiger partial charge on any atom is -0.550 e. The molecule has 0 saturated heterocycles. The van der Waals surface area contributed by atoms with Gasteiger partial charge in [-0.1, -0.05) is 37.3 Å². The molecule has 0 amide bonds. The zero-order chi connectivity index (χ0) is 12.1. The number of rotatable bonds is 5. The molecule has 4 heteroatoms. The summed E-state index contributed by atoms with van der Waals surface area (Å²) in [5.41, 5.74) is 0.776. The SMILES string of the molecule is C[C@H](c1ccccc1)[C@H](CC(=O)[O-])C(=O)[O-]. The lowest BCUT2D eigenvalue weighted by molar-refractivity contribution is -0.321. The van der Waals surface area contributed by atoms with Gasteiger partial charge in [0.1, 0.15) is 0 Å². The van der Waals surface area contributed by atoms with Crippen LogP contribution in [0.15, 0.2) is 30.3 Å². The Morgan fingerprint density at radius 1 is 1.19 bits per heavy atom. The van der Waals surface area contributed by atoms with Crippen LogP contribution in [0.1, 0.15) is 24.8 Å². The monoisotopic (exact) mass is 220 g/mol. The summed E-state index contributed by atoms with van der Waals surface area (Å²) in [6, 6.07) is 8.88. The van der Waals surface area contributed by atoms with Crippen LogP contribution in [0, 0.1) is 5.92 Å². The molecule has 0 aliphatic carbocycles. The van der Waals surface area contributed by atoms with Crippen molar-refractivity contribution in [2.45, 2.75) is 19.3 Å². The Bertz CT molecular complexity index is 372. The van der Waals surface area contributed by atoms with E-state index in [0.717, 1.165) is 5.56 Å². The van der Waals surface area contributed by atoms with Gasteiger partial charge in [0.05, 0.1) is 0 Å². The van der Waals surface area contributed by atoms with Gasteiger partial charge in [0.2, 0.25) is 0 Å². The fraction of sp³-hybridized carbons (Fsp3) is 0.333. The summed E-state index contributed by atoms with van der Waals surface area (Å²) < 4.78 is 0. The number of carbonyl (C=O) groups excluding carboxylic acids is 2. The van der Waals surface area contributed by atoms with Crippen LogP contribution in [-0.2, 0) is 9.59 Å². The van der Waals surface area contributed by atoms with E-state index in [0.29, 0.717) is 0 Å². The molecule has 0 N–H and O–H groups in total. The molecule has 0 radical (unpaired) electrons. The topological polar surface area (TPSA) is 80.3 Å². The second-order valence-corrected chi connectivity index (χ2v) is 3.70. The number of carboxylic acids is 2. The molecular weight excluding hydrogens is 208 g/mol. The molecule has 86 valence electrons. The van der Waals surface area contributed by atoms with Crippen molar-refractivity contribution in [2.75, 3.05) is 0 Å². The molecule has 0 spiro atoms. The number of hydrogen-bond donors (Lipinski definition) is 0. The second kappa shape index (κ2) is 5.30. The first-order valence-corrected chi connectivity index (χ1v) is 4.98. The van der Waals surface area contributed by atoms with E-state index >= 15 is 0 Å². The van der Waals surface area contributed by atoms with Gasteiger partial charge >= 0.3 is 0 Å². The van der Waals surface area contributed by atoms with Gasteiger partial charge < -0.3 is 19.8 Å². The van der Waals surface area contributed by atoms with Gasteiger partial charge in [-0.25, -0.2) is 0 Å². The van der Waals surface area contributed by atoms with Crippen molar-refractivity contribution in [1.82, 2.24) is 0 Å². The lowest BCUT2D eigenvalue weighted by Gasteiger charge is -2.25. The number of hydrogen-bond acceptors (Lipinski definition) is 4. The van der Waals surface area contributed by atoms with Crippen LogP contribution in [0.25, 0.3) is 0 Å². The quantitative estimate of drug-likeness (QED) is 0.657. The van der Waals surface area contributed by atoms with Gasteiger partial charge in [0.15, 0.2) is 0 Å². The molecule has 16 heavy (non-hydrogen) atoms. The van der Waals surface area contributed by atoms with Crippen LogP contribution < -0.4 is 10.2 Å². The molecule has 0 aliphatic rings. The maximum atomic E-state index is 10.8. The third-order valence-electron chi connectivity index (χ3n) is 2.62. The van der Waals surface area contributed by atoms with E-state index in [2.05, 4.69) is 0 Å². The summed E-state index contributed by atoms with van der Waals surface area (Å²) in [4.78, 5) is 21.3. The molecule has 0 aliphatic heterocycles. The number of aliphatic carboxylic acids is 2. The van der Waals surface area contributed by atoms with E-state index in [9.17, 15) is 19.8 Å². The smallest absolute Gasteiger partial charge is 0.0455 e. The average molecular weight is 220 g/mol. The predicted molar refractivity (Wildman–Crippen MR) is 53.0 cm³/mol. The van der Waals surface area contributed by atoms with E-state index in [1.165, 1.54) is 0 Å². The molecule has 1 aromatic rings. The van der Waals surface area contributed by atoms with Gasteiger partial charge in [0.25, 0.3) is 0 Å². The van der Waals surface area contributed by atoms with Crippen molar-refractivity contribution in [1.29, 1.82) is 0 Å². The number of benzene rings is 1. The van der Waals surface area contributed by atoms with Crippen molar-refractivity contribution in [3.05, 3.63) is 35.9 Å². The molecule has 0 unspecified atom stereocenters. The molecule has 0 heterocycles. The Labute approximate surface area is 93.5 Å². The summed E-state index contributed by atoms with van der Waals surface area (Å²) >= 11 is 0. The molecule has 0 saturated carbocycles. The fourth-order valence-corrected chi connectivity index (χ4v) is 1.63. The first-order chi connectivity index (χ1) is 7.52. The lowest BCUT2D eigenvalue weighted by atomic mass is 9.85. The summed E-state index contributed by atoms with van der Waals surface area (Å²) in [7, 11) is 0. The van der Waals surface area contributed by atoms with Crippen molar-refractivity contribution in [3.8, 4) is 0 Å². The maximum absolute atomic E-state index is 10.8. The molecular formula is C12H12O4-2. The first kappa shape index (κ1) is 12.2. The Morgan fingerprint density at radius 2 is 1.75 bits per heavy atom. The van der Waals surface area contributed by atoms with E-state index in [1.807, 2.05) is 6.07 Å². The van der Waals surface area contributed by atoms with Crippen LogP contribution >= 0.6 is 0 Å². The van der Waals surface area contributed by atoms with E-state index in [-0.39, 0.29) is 0 Å². The number of carbonyl (C=O) groups is 2. The van der Waals surface area contributed by atoms with Crippen LogP contribution in [0.4, 0.5) is 0 Å². The van der Waals surface area contributed by atoms with Gasteiger partial charge in [-0.15, -0.1) is 0 Å². The molecule has 0 aromatic heterocycles. The molecule has 1 rings (SSSR count). The van der Waals surface area contributed by atoms with Gasteiger partial charge in [-0.3, -0.25) is 0 Å². The second-order valence-electron chi connectivity index (χ2n) is 3.70. The van der Waals surface area contributed by atoms with Crippen molar-refractivity contribution in [2.24, 2.45) is 5.92 Å². The fourth-order valence-electron chi connectivity index (χ4n) is 1.63. The Hall–Kier alpha value is -1.84. The third kappa shape index (κ3) is 3.08. The minimum atomic E-state index is -1.38. The maximum Gasteiger partial charge on any atom is 0.0455 e. The Morgan fingerprint density at radius 3 is 2.19 bits per heavy atom. The lowest BCUT2D eigenvalue weighted by Crippen LogP contribution is -2.38. The van der Waals surface area contributed by atoms with Gasteiger partial charge in [0, 0.05) is 17.9 Å². The van der Waals surface area contributed by atoms with Gasteiger partial charge in [-0.2, -0.15) is 0 Å². The van der Waals surface area contributed by atoms with Crippen LogP contribution in [0.3, 0.4) is 0 Å². The standard InChI is InChI=1S/C12H14O4/c1-8(9-5-3-2-4-6-9)10(12(15)16)7-11(13)14/h2-6,8,10H,7H2,1H3,(H,13,14)(H,15,16)/p-2/t8-,10+/m1/s1.